The molecule has 0 unspecified atom stereocenters. The highest BCUT2D eigenvalue weighted by Crippen LogP contribution is 2.15. The number of methoxy groups -OCH3 is 1. The van der Waals surface area contributed by atoms with Crippen LogP contribution in [-0.2, 0) is 19.1 Å². The summed E-state index contributed by atoms with van der Waals surface area (Å²) in [5, 5.41) is 5.24. The molecule has 0 bridgehead atoms. The molecule has 0 heterocycles. The van der Waals surface area contributed by atoms with Crippen LogP contribution in [0.15, 0.2) is 48.5 Å². The van der Waals surface area contributed by atoms with Gasteiger partial charge in [0.2, 0.25) is 5.91 Å². The van der Waals surface area contributed by atoms with E-state index in [2.05, 4.69) is 15.4 Å². The number of rotatable bonds is 6. The maximum absolute atomic E-state index is 12.2. The molecule has 0 aromatic heterocycles. The van der Waals surface area contributed by atoms with Crippen molar-refractivity contribution in [2.24, 2.45) is 0 Å². The summed E-state index contributed by atoms with van der Waals surface area (Å²) in [6, 6.07) is 12.2. The van der Waals surface area contributed by atoms with Crippen LogP contribution in [0.2, 0.25) is 0 Å². The van der Waals surface area contributed by atoms with E-state index in [9.17, 15) is 19.2 Å². The van der Waals surface area contributed by atoms with Gasteiger partial charge in [-0.05, 0) is 55.5 Å². The van der Waals surface area contributed by atoms with Crippen LogP contribution in [0.1, 0.15) is 34.6 Å². The molecule has 28 heavy (non-hydrogen) atoms. The Bertz CT molecular complexity index is 875. The van der Waals surface area contributed by atoms with Crippen molar-refractivity contribution >= 4 is 35.1 Å². The molecule has 2 amide bonds. The summed E-state index contributed by atoms with van der Waals surface area (Å²) in [6.07, 6.45) is -1.04. The number of ether oxygens (including phenoxy) is 2. The Hall–Kier alpha value is -3.68. The Labute approximate surface area is 161 Å². The minimum absolute atomic E-state index is 0.197. The minimum atomic E-state index is -1.04. The van der Waals surface area contributed by atoms with Crippen LogP contribution in [0.3, 0.4) is 0 Å². The van der Waals surface area contributed by atoms with Crippen LogP contribution >= 0.6 is 0 Å². The van der Waals surface area contributed by atoms with Crippen molar-refractivity contribution in [2.75, 3.05) is 17.7 Å². The molecule has 0 fully saturated rings. The first-order valence-electron chi connectivity index (χ1n) is 8.38. The molecule has 1 atom stereocenters. The van der Waals surface area contributed by atoms with Gasteiger partial charge in [0.05, 0.1) is 18.2 Å². The Kier molecular flexibility index (Phi) is 6.86. The summed E-state index contributed by atoms with van der Waals surface area (Å²) in [6.45, 7) is 2.84. The van der Waals surface area contributed by atoms with Gasteiger partial charge >= 0.3 is 11.9 Å². The quantitative estimate of drug-likeness (QED) is 0.741. The lowest BCUT2D eigenvalue weighted by Gasteiger charge is -2.14. The van der Waals surface area contributed by atoms with Gasteiger partial charge in [0, 0.05) is 18.3 Å². The molecule has 8 heteroatoms. The fourth-order valence-corrected chi connectivity index (χ4v) is 2.23. The normalized spacial score (nSPS) is 11.1. The van der Waals surface area contributed by atoms with Crippen LogP contribution in [0.25, 0.3) is 0 Å². The molecule has 2 rings (SSSR count). The summed E-state index contributed by atoms with van der Waals surface area (Å²) >= 11 is 0. The van der Waals surface area contributed by atoms with E-state index in [-0.39, 0.29) is 11.5 Å². The third kappa shape index (κ3) is 5.66. The molecular formula is C20H20N2O6. The monoisotopic (exact) mass is 384 g/mol. The summed E-state index contributed by atoms with van der Waals surface area (Å²) in [5.41, 5.74) is 1.59. The van der Waals surface area contributed by atoms with Crippen molar-refractivity contribution in [1.82, 2.24) is 0 Å². The fraction of sp³-hybridized carbons (Fsp3) is 0.200. The zero-order valence-corrected chi connectivity index (χ0v) is 15.6. The smallest absolute Gasteiger partial charge is 0.338 e. The fourth-order valence-electron chi connectivity index (χ4n) is 2.23. The first-order chi connectivity index (χ1) is 13.3. The average Bonchev–Trinajstić information content (AvgIpc) is 2.68. The Morgan fingerprint density at radius 1 is 0.786 bits per heavy atom. The largest absolute Gasteiger partial charge is 0.465 e. The van der Waals surface area contributed by atoms with Crippen molar-refractivity contribution in [3.05, 3.63) is 59.7 Å². The van der Waals surface area contributed by atoms with Gasteiger partial charge in [-0.2, -0.15) is 0 Å². The number of benzene rings is 2. The van der Waals surface area contributed by atoms with Crippen LogP contribution in [0.5, 0.6) is 0 Å². The third-order valence-corrected chi connectivity index (χ3v) is 3.67. The molecule has 0 aliphatic heterocycles. The predicted octanol–water partition coefficient (Wildman–Crippen LogP) is 2.62. The van der Waals surface area contributed by atoms with Crippen molar-refractivity contribution < 1.29 is 28.7 Å². The number of carbonyl (C=O) groups is 4. The van der Waals surface area contributed by atoms with Crippen molar-refractivity contribution in [1.29, 1.82) is 0 Å². The molecule has 146 valence electrons. The van der Waals surface area contributed by atoms with E-state index in [0.29, 0.717) is 16.9 Å². The molecule has 8 nitrogen and oxygen atoms in total. The lowest BCUT2D eigenvalue weighted by Crippen LogP contribution is -2.30. The maximum Gasteiger partial charge on any atom is 0.338 e. The van der Waals surface area contributed by atoms with Gasteiger partial charge in [-0.25, -0.2) is 9.59 Å². The summed E-state index contributed by atoms with van der Waals surface area (Å²) in [7, 11) is 1.26. The van der Waals surface area contributed by atoms with Crippen molar-refractivity contribution in [2.45, 2.75) is 20.0 Å². The summed E-state index contributed by atoms with van der Waals surface area (Å²) in [5.74, 6) is -1.92. The van der Waals surface area contributed by atoms with Crippen molar-refractivity contribution in [3.8, 4) is 0 Å². The molecule has 2 aromatic rings. The summed E-state index contributed by atoms with van der Waals surface area (Å²) in [4.78, 5) is 46.8. The Morgan fingerprint density at radius 3 is 1.71 bits per heavy atom. The molecule has 2 aromatic carbocycles. The highest BCUT2D eigenvalue weighted by molar-refractivity contribution is 5.98. The number of carbonyl (C=O) groups excluding carboxylic acids is 4. The zero-order valence-electron chi connectivity index (χ0n) is 15.6. The highest BCUT2D eigenvalue weighted by atomic mass is 16.5. The van der Waals surface area contributed by atoms with Crippen LogP contribution < -0.4 is 10.6 Å². The van der Waals surface area contributed by atoms with Gasteiger partial charge in [0.1, 0.15) is 0 Å². The number of hydrogen-bond donors (Lipinski definition) is 2. The molecular weight excluding hydrogens is 364 g/mol. The first-order valence-corrected chi connectivity index (χ1v) is 8.38. The Balaban J connectivity index is 1.93. The van der Waals surface area contributed by atoms with E-state index in [4.69, 9.17) is 4.74 Å². The number of hydrogen-bond acceptors (Lipinski definition) is 6. The second-order valence-corrected chi connectivity index (χ2v) is 5.86. The van der Waals surface area contributed by atoms with E-state index in [1.54, 1.807) is 24.3 Å². The maximum atomic E-state index is 12.2. The van der Waals surface area contributed by atoms with Gasteiger partial charge in [0.15, 0.2) is 6.10 Å². The van der Waals surface area contributed by atoms with Gasteiger partial charge in [-0.15, -0.1) is 0 Å². The van der Waals surface area contributed by atoms with E-state index < -0.39 is 23.9 Å². The number of nitrogens with one attached hydrogen (secondary N) is 2. The van der Waals surface area contributed by atoms with E-state index in [1.165, 1.54) is 45.2 Å². The van der Waals surface area contributed by atoms with E-state index in [1.807, 2.05) is 0 Å². The lowest BCUT2D eigenvalue weighted by atomic mass is 10.1. The highest BCUT2D eigenvalue weighted by Gasteiger charge is 2.19. The SMILES string of the molecule is COC(=O)c1ccc(C(=O)O[C@@H](C)C(=O)Nc2ccc(NC(C)=O)cc2)cc1. The van der Waals surface area contributed by atoms with Crippen LogP contribution in [-0.4, -0.2) is 37.0 Å². The standard InChI is InChI=1S/C20H20N2O6/c1-12(18(24)22-17-10-8-16(9-11-17)21-13(2)23)28-20(26)15-6-4-14(5-7-15)19(25)27-3/h4-12H,1-3H3,(H,21,23)(H,22,24)/t12-/m0/s1. The predicted molar refractivity (Wildman–Crippen MR) is 102 cm³/mol. The number of amides is 2. The second-order valence-electron chi connectivity index (χ2n) is 5.86. The molecule has 0 saturated heterocycles. The summed E-state index contributed by atoms with van der Waals surface area (Å²) < 4.78 is 9.74. The van der Waals surface area contributed by atoms with Crippen LogP contribution in [0.4, 0.5) is 11.4 Å². The van der Waals surface area contributed by atoms with Gasteiger partial charge in [0.25, 0.3) is 5.91 Å². The second kappa shape index (κ2) is 9.31. The lowest BCUT2D eigenvalue weighted by molar-refractivity contribution is -0.123. The number of anilines is 2. The third-order valence-electron chi connectivity index (χ3n) is 3.67. The minimum Gasteiger partial charge on any atom is -0.465 e. The Morgan fingerprint density at radius 2 is 1.25 bits per heavy atom. The van der Waals surface area contributed by atoms with Gasteiger partial charge < -0.3 is 20.1 Å². The molecule has 0 saturated carbocycles. The topological polar surface area (TPSA) is 111 Å². The molecule has 0 aliphatic carbocycles. The number of esters is 2. The van der Waals surface area contributed by atoms with E-state index >= 15 is 0 Å². The van der Waals surface area contributed by atoms with Gasteiger partial charge in [-0.1, -0.05) is 0 Å². The van der Waals surface area contributed by atoms with Crippen molar-refractivity contribution in [3.63, 3.8) is 0 Å². The average molecular weight is 384 g/mol. The first kappa shape index (κ1) is 20.6. The zero-order chi connectivity index (χ0) is 20.7. The molecule has 0 radical (unpaired) electrons. The van der Waals surface area contributed by atoms with E-state index in [0.717, 1.165) is 0 Å². The molecule has 2 N–H and O–H groups in total. The van der Waals surface area contributed by atoms with Gasteiger partial charge in [-0.3, -0.25) is 9.59 Å². The molecule has 0 aliphatic rings. The van der Waals surface area contributed by atoms with Crippen LogP contribution in [0, 0.1) is 0 Å². The molecule has 0 spiro atoms.